The lowest BCUT2D eigenvalue weighted by Gasteiger charge is -2.09. The van der Waals surface area contributed by atoms with Crippen LogP contribution in [0, 0.1) is 0 Å². The predicted molar refractivity (Wildman–Crippen MR) is 77.7 cm³/mol. The first kappa shape index (κ1) is 14.4. The molecule has 0 saturated carbocycles. The van der Waals surface area contributed by atoms with E-state index < -0.39 is 11.8 Å². The normalized spacial score (nSPS) is 13.6. The number of ether oxygens (including phenoxy) is 1. The summed E-state index contributed by atoms with van der Waals surface area (Å²) in [4.78, 5) is 27.4. The van der Waals surface area contributed by atoms with Crippen molar-refractivity contribution < 1.29 is 14.3 Å². The highest BCUT2D eigenvalue weighted by atomic mass is 32.2. The zero-order valence-corrected chi connectivity index (χ0v) is 11.8. The van der Waals surface area contributed by atoms with Gasteiger partial charge >= 0.3 is 11.8 Å². The van der Waals surface area contributed by atoms with Gasteiger partial charge in [0.2, 0.25) is 0 Å². The molecule has 1 aromatic rings. The Labute approximate surface area is 121 Å². The number of rotatable bonds is 3. The molecule has 2 amide bonds. The number of hydrogen-bond donors (Lipinski definition) is 2. The number of para-hydroxylation sites is 1. The van der Waals surface area contributed by atoms with Crippen LogP contribution in [-0.2, 0) is 16.1 Å². The minimum atomic E-state index is -0.701. The number of aliphatic imine (C=N–C) groups is 1. The molecule has 2 N–H and O–H groups in total. The van der Waals surface area contributed by atoms with Gasteiger partial charge in [-0.1, -0.05) is 30.0 Å². The summed E-state index contributed by atoms with van der Waals surface area (Å²) in [5.41, 5.74) is 0.809. The van der Waals surface area contributed by atoms with Crippen LogP contribution < -0.4 is 15.4 Å². The molecule has 106 valence electrons. The molecule has 2 rings (SSSR count). The average molecular weight is 293 g/mol. The molecule has 6 nitrogen and oxygen atoms in total. The van der Waals surface area contributed by atoms with Crippen molar-refractivity contribution in [2.24, 2.45) is 4.99 Å². The summed E-state index contributed by atoms with van der Waals surface area (Å²) in [6.07, 6.45) is 0. The fourth-order valence-corrected chi connectivity index (χ4v) is 2.39. The summed E-state index contributed by atoms with van der Waals surface area (Å²) in [7, 11) is 1.56. The fourth-order valence-electron chi connectivity index (χ4n) is 1.67. The third-order valence-corrected chi connectivity index (χ3v) is 3.54. The van der Waals surface area contributed by atoms with E-state index in [9.17, 15) is 9.59 Å². The van der Waals surface area contributed by atoms with Crippen LogP contribution in [0.4, 0.5) is 0 Å². The van der Waals surface area contributed by atoms with Gasteiger partial charge in [0.15, 0.2) is 5.17 Å². The van der Waals surface area contributed by atoms with Gasteiger partial charge in [0.1, 0.15) is 5.75 Å². The number of methoxy groups -OCH3 is 1. The van der Waals surface area contributed by atoms with Crippen molar-refractivity contribution in [1.29, 1.82) is 0 Å². The smallest absolute Gasteiger partial charge is 0.315 e. The van der Waals surface area contributed by atoms with Crippen LogP contribution in [-0.4, -0.2) is 36.4 Å². The molecule has 7 heteroatoms. The molecule has 0 aromatic heterocycles. The number of thioether (sulfide) groups is 1. The van der Waals surface area contributed by atoms with Gasteiger partial charge in [-0.25, -0.2) is 0 Å². The summed E-state index contributed by atoms with van der Waals surface area (Å²) in [5.74, 6) is 0.112. The Kier molecular flexibility index (Phi) is 5.00. The Morgan fingerprint density at radius 2 is 2.15 bits per heavy atom. The van der Waals surface area contributed by atoms with E-state index in [2.05, 4.69) is 15.6 Å². The lowest BCUT2D eigenvalue weighted by atomic mass is 10.2. The van der Waals surface area contributed by atoms with E-state index in [4.69, 9.17) is 4.74 Å². The average Bonchev–Trinajstić information content (AvgIpc) is 2.97. The van der Waals surface area contributed by atoms with E-state index >= 15 is 0 Å². The van der Waals surface area contributed by atoms with Crippen LogP contribution in [0.2, 0.25) is 0 Å². The molecule has 1 aromatic carbocycles. The van der Waals surface area contributed by atoms with Crippen LogP contribution in [0.15, 0.2) is 29.3 Å². The number of carbonyl (C=O) groups excluding carboxylic acids is 2. The van der Waals surface area contributed by atoms with Gasteiger partial charge in [-0.3, -0.25) is 19.9 Å². The largest absolute Gasteiger partial charge is 0.496 e. The van der Waals surface area contributed by atoms with Crippen molar-refractivity contribution in [1.82, 2.24) is 10.6 Å². The van der Waals surface area contributed by atoms with Gasteiger partial charge < -0.3 is 10.1 Å². The predicted octanol–water partition coefficient (Wildman–Crippen LogP) is 0.530. The van der Waals surface area contributed by atoms with Crippen molar-refractivity contribution in [3.05, 3.63) is 29.8 Å². The number of hydrogen-bond acceptors (Lipinski definition) is 5. The maximum Gasteiger partial charge on any atom is 0.315 e. The van der Waals surface area contributed by atoms with E-state index in [-0.39, 0.29) is 6.54 Å². The molecule has 0 bridgehead atoms. The SMILES string of the molecule is COc1ccccc1CNC(=O)C(=O)NC1=NCCS1. The molecular weight excluding hydrogens is 278 g/mol. The molecule has 0 atom stereocenters. The van der Waals surface area contributed by atoms with Crippen LogP contribution >= 0.6 is 11.8 Å². The first-order valence-electron chi connectivity index (χ1n) is 6.09. The van der Waals surface area contributed by atoms with Gasteiger partial charge in [-0.2, -0.15) is 0 Å². The van der Waals surface area contributed by atoms with E-state index in [0.717, 1.165) is 11.3 Å². The van der Waals surface area contributed by atoms with Gasteiger partial charge in [-0.05, 0) is 6.07 Å². The summed E-state index contributed by atoms with van der Waals surface area (Å²) >= 11 is 1.43. The zero-order chi connectivity index (χ0) is 14.4. The van der Waals surface area contributed by atoms with E-state index in [1.165, 1.54) is 11.8 Å². The number of amidine groups is 1. The summed E-state index contributed by atoms with van der Waals surface area (Å²) in [5, 5.41) is 5.53. The third kappa shape index (κ3) is 3.74. The van der Waals surface area contributed by atoms with Gasteiger partial charge in [0.25, 0.3) is 0 Å². The number of amides is 2. The lowest BCUT2D eigenvalue weighted by Crippen LogP contribution is -2.41. The van der Waals surface area contributed by atoms with Crippen LogP contribution in [0.25, 0.3) is 0 Å². The minimum Gasteiger partial charge on any atom is -0.496 e. The molecule has 0 fully saturated rings. The highest BCUT2D eigenvalue weighted by molar-refractivity contribution is 8.14. The number of nitrogens with zero attached hydrogens (tertiary/aromatic N) is 1. The van der Waals surface area contributed by atoms with Gasteiger partial charge in [0.05, 0.1) is 13.7 Å². The molecule has 1 aliphatic rings. The van der Waals surface area contributed by atoms with Crippen molar-refractivity contribution in [3.8, 4) is 5.75 Å². The van der Waals surface area contributed by atoms with Crippen LogP contribution in [0.3, 0.4) is 0 Å². The molecule has 1 aliphatic heterocycles. The third-order valence-electron chi connectivity index (χ3n) is 2.64. The minimum absolute atomic E-state index is 0.232. The van der Waals surface area contributed by atoms with Crippen LogP contribution in [0.5, 0.6) is 5.75 Å². The fraction of sp³-hybridized carbons (Fsp3) is 0.308. The second-order valence-electron chi connectivity index (χ2n) is 3.98. The molecule has 0 radical (unpaired) electrons. The Morgan fingerprint density at radius 3 is 2.85 bits per heavy atom. The van der Waals surface area contributed by atoms with Crippen LogP contribution in [0.1, 0.15) is 5.56 Å². The Bertz CT molecular complexity index is 545. The second-order valence-corrected chi connectivity index (χ2v) is 5.07. The summed E-state index contributed by atoms with van der Waals surface area (Å²) < 4.78 is 5.17. The van der Waals surface area contributed by atoms with E-state index in [1.807, 2.05) is 18.2 Å². The van der Waals surface area contributed by atoms with E-state index in [0.29, 0.717) is 17.5 Å². The Morgan fingerprint density at radius 1 is 1.35 bits per heavy atom. The Balaban J connectivity index is 1.86. The zero-order valence-electron chi connectivity index (χ0n) is 11.0. The first-order chi connectivity index (χ1) is 9.70. The molecule has 1 heterocycles. The monoisotopic (exact) mass is 293 g/mol. The number of nitrogens with one attached hydrogen (secondary N) is 2. The topological polar surface area (TPSA) is 79.8 Å². The highest BCUT2D eigenvalue weighted by Gasteiger charge is 2.17. The quantitative estimate of drug-likeness (QED) is 0.797. The van der Waals surface area contributed by atoms with Crippen molar-refractivity contribution >= 4 is 28.7 Å². The van der Waals surface area contributed by atoms with Gasteiger partial charge in [0, 0.05) is 17.9 Å². The second kappa shape index (κ2) is 6.95. The van der Waals surface area contributed by atoms with Crippen molar-refractivity contribution in [3.63, 3.8) is 0 Å². The number of benzene rings is 1. The first-order valence-corrected chi connectivity index (χ1v) is 7.07. The summed E-state index contributed by atoms with van der Waals surface area (Å²) in [6.45, 7) is 0.902. The standard InChI is InChI=1S/C13H15N3O3S/c1-19-10-5-3-2-4-9(10)8-15-11(17)12(18)16-13-14-6-7-20-13/h2-5H,6-8H2,1H3,(H,15,17)(H,14,16,18). The highest BCUT2D eigenvalue weighted by Crippen LogP contribution is 2.16. The van der Waals surface area contributed by atoms with Gasteiger partial charge in [-0.15, -0.1) is 0 Å². The molecule has 0 spiro atoms. The molecule has 20 heavy (non-hydrogen) atoms. The lowest BCUT2D eigenvalue weighted by molar-refractivity contribution is -0.138. The maximum atomic E-state index is 11.7. The maximum absolute atomic E-state index is 11.7. The molecular formula is C13H15N3O3S. The molecule has 0 unspecified atom stereocenters. The molecule has 0 aliphatic carbocycles. The Hall–Kier alpha value is -2.02. The number of carbonyl (C=O) groups is 2. The summed E-state index contributed by atoms with van der Waals surface area (Å²) in [6, 6.07) is 7.31. The van der Waals surface area contributed by atoms with Crippen molar-refractivity contribution in [2.45, 2.75) is 6.54 Å². The molecule has 0 saturated heterocycles. The van der Waals surface area contributed by atoms with Crippen molar-refractivity contribution in [2.75, 3.05) is 19.4 Å². The van der Waals surface area contributed by atoms with E-state index in [1.54, 1.807) is 13.2 Å².